The van der Waals surface area contributed by atoms with Gasteiger partial charge in [-0.2, -0.15) is 0 Å². The Labute approximate surface area is 116 Å². The Balaban J connectivity index is 1.97. The summed E-state index contributed by atoms with van der Waals surface area (Å²) in [5.74, 6) is -1.42. The van der Waals surface area contributed by atoms with Crippen LogP contribution in [0.5, 0.6) is 0 Å². The Morgan fingerprint density at radius 2 is 2.25 bits per heavy atom. The molecule has 0 saturated carbocycles. The summed E-state index contributed by atoms with van der Waals surface area (Å²) in [6.07, 6.45) is 3.87. The summed E-state index contributed by atoms with van der Waals surface area (Å²) in [5.41, 5.74) is 0.0936. The van der Waals surface area contributed by atoms with Crippen LogP contribution in [0.4, 0.5) is 0 Å². The van der Waals surface area contributed by atoms with Gasteiger partial charge in [-0.1, -0.05) is 6.07 Å². The monoisotopic (exact) mass is 294 g/mol. The van der Waals surface area contributed by atoms with E-state index in [4.69, 9.17) is 0 Å². The van der Waals surface area contributed by atoms with Gasteiger partial charge in [0.25, 0.3) is 0 Å². The maximum absolute atomic E-state index is 11.6. The van der Waals surface area contributed by atoms with Crippen molar-refractivity contribution in [3.8, 4) is 0 Å². The van der Waals surface area contributed by atoms with E-state index in [9.17, 15) is 18.3 Å². The molecule has 106 valence electrons. The number of rotatable bonds is 3. The normalized spacial score (nSPS) is 25.0. The second-order valence-electron chi connectivity index (χ2n) is 5.30. The lowest BCUT2D eigenvalue weighted by molar-refractivity contribution is -0.147. The molecule has 3 heterocycles. The Morgan fingerprint density at radius 1 is 1.45 bits per heavy atom. The van der Waals surface area contributed by atoms with Crippen molar-refractivity contribution >= 4 is 21.5 Å². The van der Waals surface area contributed by atoms with Gasteiger partial charge in [0.15, 0.2) is 9.84 Å². The van der Waals surface area contributed by atoms with Crippen molar-refractivity contribution in [2.24, 2.45) is 5.41 Å². The van der Waals surface area contributed by atoms with E-state index in [1.807, 2.05) is 24.4 Å². The zero-order chi connectivity index (χ0) is 14.4. The van der Waals surface area contributed by atoms with E-state index in [2.05, 4.69) is 4.98 Å². The summed E-state index contributed by atoms with van der Waals surface area (Å²) in [4.78, 5) is 15.9. The van der Waals surface area contributed by atoms with E-state index in [-0.39, 0.29) is 24.3 Å². The first-order valence-electron chi connectivity index (χ1n) is 6.27. The number of imidazole rings is 1. The molecule has 0 aliphatic carbocycles. The van der Waals surface area contributed by atoms with Gasteiger partial charge >= 0.3 is 5.97 Å². The first kappa shape index (κ1) is 13.1. The van der Waals surface area contributed by atoms with Crippen LogP contribution in [0.15, 0.2) is 30.6 Å². The minimum atomic E-state index is -3.26. The van der Waals surface area contributed by atoms with Gasteiger partial charge in [0, 0.05) is 18.8 Å². The van der Waals surface area contributed by atoms with Crippen molar-refractivity contribution in [3.05, 3.63) is 36.3 Å². The van der Waals surface area contributed by atoms with Crippen LogP contribution < -0.4 is 0 Å². The fourth-order valence-electron chi connectivity index (χ4n) is 2.72. The van der Waals surface area contributed by atoms with Gasteiger partial charge in [0.05, 0.1) is 22.6 Å². The summed E-state index contributed by atoms with van der Waals surface area (Å²) >= 11 is 0. The minimum absolute atomic E-state index is 0.0628. The quantitative estimate of drug-likeness (QED) is 0.903. The smallest absolute Gasteiger partial charge is 0.311 e. The maximum Gasteiger partial charge on any atom is 0.311 e. The van der Waals surface area contributed by atoms with E-state index in [0.717, 1.165) is 5.65 Å². The van der Waals surface area contributed by atoms with Gasteiger partial charge in [0.2, 0.25) is 0 Å². The Hall–Kier alpha value is -1.89. The number of aliphatic carboxylic acids is 1. The number of fused-ring (bicyclic) bond motifs is 1. The summed E-state index contributed by atoms with van der Waals surface area (Å²) in [5, 5.41) is 9.43. The van der Waals surface area contributed by atoms with Crippen LogP contribution in [0.1, 0.15) is 12.1 Å². The molecule has 0 spiro atoms. The van der Waals surface area contributed by atoms with Crippen molar-refractivity contribution in [2.45, 2.75) is 12.8 Å². The van der Waals surface area contributed by atoms with Gasteiger partial charge in [-0.15, -0.1) is 0 Å². The highest BCUT2D eigenvalue weighted by atomic mass is 32.2. The molecule has 0 aromatic carbocycles. The van der Waals surface area contributed by atoms with Gasteiger partial charge in [-0.05, 0) is 18.6 Å². The topological polar surface area (TPSA) is 88.7 Å². The van der Waals surface area contributed by atoms with Crippen LogP contribution in [-0.2, 0) is 21.1 Å². The molecule has 1 saturated heterocycles. The van der Waals surface area contributed by atoms with Gasteiger partial charge in [-0.25, -0.2) is 13.4 Å². The largest absolute Gasteiger partial charge is 0.481 e. The number of aromatic nitrogens is 2. The molecule has 6 nitrogen and oxygen atoms in total. The molecule has 7 heteroatoms. The fourth-order valence-corrected chi connectivity index (χ4v) is 4.78. The molecule has 1 atom stereocenters. The van der Waals surface area contributed by atoms with Gasteiger partial charge in [0.1, 0.15) is 5.65 Å². The lowest BCUT2D eigenvalue weighted by Crippen LogP contribution is -2.34. The molecule has 20 heavy (non-hydrogen) atoms. The number of carbonyl (C=O) groups is 1. The van der Waals surface area contributed by atoms with Crippen molar-refractivity contribution in [1.82, 2.24) is 9.38 Å². The van der Waals surface area contributed by atoms with Crippen LogP contribution in [0, 0.1) is 5.41 Å². The molecular weight excluding hydrogens is 280 g/mol. The molecule has 2 aromatic heterocycles. The summed E-state index contributed by atoms with van der Waals surface area (Å²) < 4.78 is 25.0. The zero-order valence-corrected chi connectivity index (χ0v) is 11.5. The maximum atomic E-state index is 11.6. The van der Waals surface area contributed by atoms with Crippen molar-refractivity contribution in [1.29, 1.82) is 0 Å². The van der Waals surface area contributed by atoms with Crippen LogP contribution in [-0.4, -0.2) is 40.4 Å². The Kier molecular flexibility index (Phi) is 2.82. The number of pyridine rings is 1. The molecule has 2 aromatic rings. The Bertz CT molecular complexity index is 748. The van der Waals surface area contributed by atoms with Crippen LogP contribution >= 0.6 is 0 Å². The first-order chi connectivity index (χ1) is 9.40. The van der Waals surface area contributed by atoms with E-state index in [0.29, 0.717) is 5.69 Å². The van der Waals surface area contributed by atoms with E-state index in [1.54, 1.807) is 10.6 Å². The van der Waals surface area contributed by atoms with Crippen molar-refractivity contribution in [2.75, 3.05) is 11.5 Å². The second-order valence-corrected chi connectivity index (χ2v) is 7.49. The summed E-state index contributed by atoms with van der Waals surface area (Å²) in [7, 11) is -3.26. The van der Waals surface area contributed by atoms with E-state index >= 15 is 0 Å². The molecular formula is C13H14N2O4S. The lowest BCUT2D eigenvalue weighted by atomic mass is 9.83. The Morgan fingerprint density at radius 3 is 2.85 bits per heavy atom. The average molecular weight is 294 g/mol. The highest BCUT2D eigenvalue weighted by molar-refractivity contribution is 7.91. The molecule has 0 bridgehead atoms. The predicted octanol–water partition coefficient (Wildman–Crippen LogP) is 0.766. The highest BCUT2D eigenvalue weighted by Gasteiger charge is 2.48. The molecule has 3 rings (SSSR count). The van der Waals surface area contributed by atoms with Gasteiger partial charge < -0.3 is 9.51 Å². The predicted molar refractivity (Wildman–Crippen MR) is 72.2 cm³/mol. The average Bonchev–Trinajstić information content (AvgIpc) is 2.90. The fraction of sp³-hybridized carbons (Fsp3) is 0.385. The molecule has 1 aliphatic rings. The van der Waals surface area contributed by atoms with Gasteiger partial charge in [-0.3, -0.25) is 4.79 Å². The molecule has 1 N–H and O–H groups in total. The van der Waals surface area contributed by atoms with Crippen molar-refractivity contribution in [3.63, 3.8) is 0 Å². The molecule has 1 aliphatic heterocycles. The number of nitrogens with zero attached hydrogens (tertiary/aromatic N) is 2. The van der Waals surface area contributed by atoms with Crippen molar-refractivity contribution < 1.29 is 18.3 Å². The number of sulfone groups is 1. The van der Waals surface area contributed by atoms with Crippen LogP contribution in [0.2, 0.25) is 0 Å². The van der Waals surface area contributed by atoms with Crippen LogP contribution in [0.25, 0.3) is 5.65 Å². The number of hydrogen-bond donors (Lipinski definition) is 1. The molecule has 0 amide bonds. The third-order valence-corrected chi connectivity index (χ3v) is 5.59. The second kappa shape index (κ2) is 4.31. The first-order valence-corrected chi connectivity index (χ1v) is 8.09. The van der Waals surface area contributed by atoms with E-state index in [1.165, 1.54) is 0 Å². The molecule has 1 fully saturated rings. The molecule has 1 unspecified atom stereocenters. The third kappa shape index (κ3) is 2.18. The lowest BCUT2D eigenvalue weighted by Gasteiger charge is -2.20. The number of carboxylic acids is 1. The zero-order valence-electron chi connectivity index (χ0n) is 10.7. The highest BCUT2D eigenvalue weighted by Crippen LogP contribution is 2.36. The minimum Gasteiger partial charge on any atom is -0.481 e. The number of carboxylic acid groups (broad SMARTS) is 1. The summed E-state index contributed by atoms with van der Waals surface area (Å²) in [6, 6.07) is 5.52. The van der Waals surface area contributed by atoms with Crippen LogP contribution in [0.3, 0.4) is 0 Å². The number of hydrogen-bond acceptors (Lipinski definition) is 4. The third-order valence-electron chi connectivity index (χ3n) is 3.77. The summed E-state index contributed by atoms with van der Waals surface area (Å²) in [6.45, 7) is 0. The van der Waals surface area contributed by atoms with E-state index < -0.39 is 21.2 Å². The molecule has 0 radical (unpaired) electrons. The standard InChI is InChI=1S/C13H14N2O4S/c16-12(17)13(4-6-20(18,19)9-13)7-10-8-15-5-2-1-3-11(15)14-10/h1-3,5,8H,4,6-7,9H2,(H,16,17). The SMILES string of the molecule is O=C(O)C1(Cc2cn3ccccc3n2)CCS(=O)(=O)C1.